The summed E-state index contributed by atoms with van der Waals surface area (Å²) >= 11 is 0. The zero-order valence-corrected chi connectivity index (χ0v) is 14.2. The lowest BCUT2D eigenvalue weighted by Gasteiger charge is -2.28. The molecule has 1 rings (SSSR count). The van der Waals surface area contributed by atoms with Crippen molar-refractivity contribution < 1.29 is 35.5 Å². The lowest BCUT2D eigenvalue weighted by molar-refractivity contribution is -0.145. The van der Waals surface area contributed by atoms with Gasteiger partial charge in [-0.05, 0) is 23.6 Å². The molecule has 1 unspecified atom stereocenters. The Kier molecular flexibility index (Phi) is 5.66. The van der Waals surface area contributed by atoms with Crippen LogP contribution in [0.25, 0.3) is 0 Å². The van der Waals surface area contributed by atoms with Crippen molar-refractivity contribution in [2.75, 3.05) is 7.11 Å². The number of ether oxygens (including phenoxy) is 1. The summed E-state index contributed by atoms with van der Waals surface area (Å²) in [6.45, 7) is 4.63. The average Bonchev–Trinajstić information content (AvgIpc) is 2.41. The number of hydrogen-bond acceptors (Lipinski definition) is 4. The van der Waals surface area contributed by atoms with Crippen LogP contribution in [0.15, 0.2) is 23.1 Å². The average molecular weight is 371 g/mol. The number of sulfonamides is 1. The van der Waals surface area contributed by atoms with Gasteiger partial charge in [0.1, 0.15) is 11.9 Å². The first kappa shape index (κ1) is 20.4. The molecule has 136 valence electrons. The number of rotatable bonds is 4. The van der Waals surface area contributed by atoms with Crippen LogP contribution in [-0.2, 0) is 25.7 Å². The second-order valence-corrected chi connectivity index (χ2v) is 7.80. The van der Waals surface area contributed by atoms with E-state index in [9.17, 15) is 30.8 Å². The van der Waals surface area contributed by atoms with E-state index in [0.717, 1.165) is 7.11 Å². The third-order valence-electron chi connectivity index (χ3n) is 3.13. The molecule has 0 amide bonds. The lowest BCUT2D eigenvalue weighted by Crippen LogP contribution is -2.49. The molecule has 0 aromatic heterocycles. The number of esters is 1. The van der Waals surface area contributed by atoms with Crippen molar-refractivity contribution in [2.45, 2.75) is 37.9 Å². The quantitative estimate of drug-likeness (QED) is 0.653. The van der Waals surface area contributed by atoms with Crippen LogP contribution in [0.4, 0.5) is 17.6 Å². The number of benzene rings is 1. The van der Waals surface area contributed by atoms with E-state index < -0.39 is 49.9 Å². The van der Waals surface area contributed by atoms with E-state index in [0.29, 0.717) is 12.1 Å². The zero-order valence-electron chi connectivity index (χ0n) is 13.4. The molecule has 0 aliphatic rings. The molecule has 0 saturated carbocycles. The molecule has 0 spiro atoms. The summed E-state index contributed by atoms with van der Waals surface area (Å²) in [4.78, 5) is 10.9. The molecule has 1 N–H and O–H groups in total. The molecule has 0 saturated heterocycles. The van der Waals surface area contributed by atoms with Gasteiger partial charge in [0.2, 0.25) is 10.0 Å². The maximum atomic E-state index is 13.3. The standard InChI is InChI=1S/C14H17F4NO4S/c1-13(2,3)11(12(20)23-4)19-24(21,22)8-5-6-10(15)9(7-8)14(16,17)18/h5-7,11,19H,1-4H3. The Morgan fingerprint density at radius 3 is 2.17 bits per heavy atom. The largest absolute Gasteiger partial charge is 0.468 e. The predicted octanol–water partition coefficient (Wildman–Crippen LogP) is 2.71. The highest BCUT2D eigenvalue weighted by Crippen LogP contribution is 2.33. The molecule has 0 aliphatic carbocycles. The van der Waals surface area contributed by atoms with Crippen molar-refractivity contribution in [2.24, 2.45) is 5.41 Å². The Morgan fingerprint density at radius 2 is 1.75 bits per heavy atom. The Bertz CT molecular complexity index is 723. The smallest absolute Gasteiger partial charge is 0.419 e. The van der Waals surface area contributed by atoms with Gasteiger partial charge >= 0.3 is 12.1 Å². The highest BCUT2D eigenvalue weighted by molar-refractivity contribution is 7.89. The van der Waals surface area contributed by atoms with Crippen molar-refractivity contribution in [3.05, 3.63) is 29.6 Å². The molecule has 0 bridgehead atoms. The third kappa shape index (κ3) is 4.67. The molecule has 1 aromatic carbocycles. The molecule has 5 nitrogen and oxygen atoms in total. The Morgan fingerprint density at radius 1 is 1.21 bits per heavy atom. The second-order valence-electron chi connectivity index (χ2n) is 6.08. The maximum absolute atomic E-state index is 13.3. The molecule has 1 atom stereocenters. The van der Waals surface area contributed by atoms with Crippen LogP contribution >= 0.6 is 0 Å². The van der Waals surface area contributed by atoms with Crippen LogP contribution in [0.3, 0.4) is 0 Å². The van der Waals surface area contributed by atoms with Crippen molar-refractivity contribution >= 4 is 16.0 Å². The second kappa shape index (κ2) is 6.67. The fourth-order valence-electron chi connectivity index (χ4n) is 1.81. The molecule has 0 radical (unpaired) electrons. The number of alkyl halides is 3. The molecular formula is C14H17F4NO4S. The summed E-state index contributed by atoms with van der Waals surface area (Å²) in [5.74, 6) is -2.49. The van der Waals surface area contributed by atoms with Crippen LogP contribution in [-0.4, -0.2) is 27.5 Å². The summed E-state index contributed by atoms with van der Waals surface area (Å²) in [6.07, 6.45) is -5.05. The van der Waals surface area contributed by atoms with Crippen LogP contribution in [0, 0.1) is 11.2 Å². The topological polar surface area (TPSA) is 72.5 Å². The lowest BCUT2D eigenvalue weighted by atomic mass is 9.87. The van der Waals surface area contributed by atoms with Crippen LogP contribution in [0.2, 0.25) is 0 Å². The van der Waals surface area contributed by atoms with Crippen LogP contribution in [0.5, 0.6) is 0 Å². The van der Waals surface area contributed by atoms with E-state index in [2.05, 4.69) is 4.74 Å². The fourth-order valence-corrected chi connectivity index (χ4v) is 3.22. The first-order valence-corrected chi connectivity index (χ1v) is 8.15. The van der Waals surface area contributed by atoms with E-state index in [1.807, 2.05) is 4.72 Å². The van der Waals surface area contributed by atoms with Gasteiger partial charge in [0.15, 0.2) is 0 Å². The number of methoxy groups -OCH3 is 1. The van der Waals surface area contributed by atoms with Crippen molar-refractivity contribution in [1.29, 1.82) is 0 Å². The van der Waals surface area contributed by atoms with Gasteiger partial charge in [0.05, 0.1) is 17.6 Å². The molecule has 24 heavy (non-hydrogen) atoms. The minimum absolute atomic E-state index is 0.175. The van der Waals surface area contributed by atoms with Gasteiger partial charge in [0, 0.05) is 0 Å². The van der Waals surface area contributed by atoms with Gasteiger partial charge in [-0.3, -0.25) is 4.79 Å². The monoisotopic (exact) mass is 371 g/mol. The fraction of sp³-hybridized carbons (Fsp3) is 0.500. The summed E-state index contributed by atoms with van der Waals surface area (Å²) in [5, 5.41) is 0. The Labute approximate surface area is 137 Å². The highest BCUT2D eigenvalue weighted by atomic mass is 32.2. The van der Waals surface area contributed by atoms with E-state index in [4.69, 9.17) is 0 Å². The summed E-state index contributed by atoms with van der Waals surface area (Å²) in [5.41, 5.74) is -2.62. The number of carbonyl (C=O) groups is 1. The molecule has 0 aliphatic heterocycles. The normalized spacial score (nSPS) is 14.3. The van der Waals surface area contributed by atoms with Crippen molar-refractivity contribution in [3.63, 3.8) is 0 Å². The molecular weight excluding hydrogens is 354 g/mol. The SMILES string of the molecule is COC(=O)C(NS(=O)(=O)c1ccc(F)c(C(F)(F)F)c1)C(C)(C)C. The summed E-state index contributed by atoms with van der Waals surface area (Å²) < 4.78 is 82.5. The highest BCUT2D eigenvalue weighted by Gasteiger charge is 2.38. The zero-order chi connectivity index (χ0) is 18.9. The summed E-state index contributed by atoms with van der Waals surface area (Å²) in [7, 11) is -3.46. The predicted molar refractivity (Wildman–Crippen MR) is 77.0 cm³/mol. The molecule has 0 heterocycles. The number of halogens is 4. The minimum Gasteiger partial charge on any atom is -0.468 e. The Balaban J connectivity index is 3.32. The number of hydrogen-bond donors (Lipinski definition) is 1. The summed E-state index contributed by atoms with van der Waals surface area (Å²) in [6, 6.07) is -0.0768. The first-order valence-electron chi connectivity index (χ1n) is 6.67. The van der Waals surface area contributed by atoms with E-state index >= 15 is 0 Å². The molecule has 1 aromatic rings. The molecule has 10 heteroatoms. The van der Waals surface area contributed by atoms with E-state index in [1.54, 1.807) is 20.8 Å². The van der Waals surface area contributed by atoms with Gasteiger partial charge in [-0.2, -0.15) is 17.9 Å². The van der Waals surface area contributed by atoms with Gasteiger partial charge < -0.3 is 4.74 Å². The maximum Gasteiger partial charge on any atom is 0.419 e. The van der Waals surface area contributed by atoms with Crippen molar-refractivity contribution in [3.8, 4) is 0 Å². The van der Waals surface area contributed by atoms with E-state index in [1.165, 1.54) is 0 Å². The first-order chi connectivity index (χ1) is 10.7. The van der Waals surface area contributed by atoms with Gasteiger partial charge in [0.25, 0.3) is 0 Å². The van der Waals surface area contributed by atoms with Gasteiger partial charge in [-0.15, -0.1) is 0 Å². The van der Waals surface area contributed by atoms with Gasteiger partial charge in [-0.1, -0.05) is 20.8 Å². The van der Waals surface area contributed by atoms with Crippen LogP contribution < -0.4 is 4.72 Å². The van der Waals surface area contributed by atoms with Crippen LogP contribution in [0.1, 0.15) is 26.3 Å². The number of nitrogens with one attached hydrogen (secondary N) is 1. The minimum atomic E-state index is -5.05. The Hall–Kier alpha value is -1.68. The number of carbonyl (C=O) groups excluding carboxylic acids is 1. The van der Waals surface area contributed by atoms with Gasteiger partial charge in [-0.25, -0.2) is 12.8 Å². The third-order valence-corrected chi connectivity index (χ3v) is 4.55. The van der Waals surface area contributed by atoms with E-state index in [-0.39, 0.29) is 6.07 Å². The van der Waals surface area contributed by atoms with Crippen molar-refractivity contribution in [1.82, 2.24) is 4.72 Å². The molecule has 0 fully saturated rings.